The highest BCUT2D eigenvalue weighted by Crippen LogP contribution is 2.41. The van der Waals surface area contributed by atoms with Gasteiger partial charge in [0.1, 0.15) is 11.4 Å². The Morgan fingerprint density at radius 2 is 1.17 bits per heavy atom. The molecule has 0 amide bonds. The highest BCUT2D eigenvalue weighted by Gasteiger charge is 2.46. The fourth-order valence-electron chi connectivity index (χ4n) is 2.23. The molecule has 0 spiro atoms. The number of halogens is 2. The maximum absolute atomic E-state index is 12.3. The van der Waals surface area contributed by atoms with Crippen LogP contribution >= 0.6 is 31.9 Å². The molecule has 0 aromatic carbocycles. The van der Waals surface area contributed by atoms with Crippen LogP contribution in [0.4, 0.5) is 0 Å². The molecule has 0 unspecified atom stereocenters. The summed E-state index contributed by atoms with van der Waals surface area (Å²) in [6.45, 7) is 5.73. The van der Waals surface area contributed by atoms with E-state index in [9.17, 15) is 9.59 Å². The second-order valence-corrected chi connectivity index (χ2v) is 6.57. The number of ketones is 2. The smallest absolute Gasteiger partial charge is 0.219 e. The lowest BCUT2D eigenvalue weighted by Crippen LogP contribution is -2.27. The highest BCUT2D eigenvalue weighted by molar-refractivity contribution is 9.12. The van der Waals surface area contributed by atoms with Gasteiger partial charge in [0.05, 0.1) is 8.96 Å². The van der Waals surface area contributed by atoms with Crippen LogP contribution in [0.15, 0.2) is 20.4 Å². The Bertz CT molecular complexity index is 490. The van der Waals surface area contributed by atoms with E-state index in [0.29, 0.717) is 32.4 Å². The number of Topliss-reactive ketones (excluding diaryl/α,β-unsaturated/α-hetero) is 2. The lowest BCUT2D eigenvalue weighted by atomic mass is 10.1. The lowest BCUT2D eigenvalue weighted by Gasteiger charge is -2.20. The zero-order valence-electron chi connectivity index (χ0n) is 10.0. The average molecular weight is 376 g/mol. The fraction of sp³-hybridized carbons (Fsp3) is 0.500. The second-order valence-electron chi connectivity index (χ2n) is 4.99. The van der Waals surface area contributed by atoms with Crippen molar-refractivity contribution in [3.05, 3.63) is 20.4 Å². The molecule has 96 valence electrons. The van der Waals surface area contributed by atoms with E-state index in [1.807, 2.05) is 23.6 Å². The van der Waals surface area contributed by atoms with Gasteiger partial charge in [-0.1, -0.05) is 0 Å². The third-order valence-electron chi connectivity index (χ3n) is 3.54. The van der Waals surface area contributed by atoms with Crippen molar-refractivity contribution in [2.75, 3.05) is 13.1 Å². The molecule has 2 saturated heterocycles. The zero-order chi connectivity index (χ0) is 13.2. The van der Waals surface area contributed by atoms with E-state index in [2.05, 4.69) is 31.9 Å². The van der Waals surface area contributed by atoms with Gasteiger partial charge in [0.15, 0.2) is 0 Å². The summed E-state index contributed by atoms with van der Waals surface area (Å²) in [5.74, 6) is -0.195. The van der Waals surface area contributed by atoms with Gasteiger partial charge in [-0.2, -0.15) is 0 Å². The molecule has 4 nitrogen and oxygen atoms in total. The van der Waals surface area contributed by atoms with Crippen LogP contribution in [0.1, 0.15) is 13.8 Å². The van der Waals surface area contributed by atoms with Gasteiger partial charge in [0.25, 0.3) is 0 Å². The number of hydrogen-bond donors (Lipinski definition) is 0. The van der Waals surface area contributed by atoms with Gasteiger partial charge in [-0.25, -0.2) is 0 Å². The summed E-state index contributed by atoms with van der Waals surface area (Å²) in [5.41, 5.74) is 0.996. The van der Waals surface area contributed by atoms with Crippen molar-refractivity contribution in [3.63, 3.8) is 0 Å². The van der Waals surface area contributed by atoms with Gasteiger partial charge in [-0.3, -0.25) is 9.59 Å². The van der Waals surface area contributed by atoms with Crippen LogP contribution in [0.5, 0.6) is 0 Å². The first-order chi connectivity index (χ1) is 8.43. The maximum atomic E-state index is 12.3. The highest BCUT2D eigenvalue weighted by atomic mass is 79.9. The molecule has 0 saturated carbocycles. The van der Waals surface area contributed by atoms with Gasteiger partial charge >= 0.3 is 0 Å². The standard InChI is InChI=1S/C12H12Br2N2O2/c1-5-3-15(5)9-7(13)12(18)10(8(14)11(9)17)16-4-6(16)2/h5-6H,3-4H2,1-2H3/t5-,6-,15?,16?/m0/s1. The third-order valence-corrected chi connectivity index (χ3v) is 5.01. The number of carbonyl (C=O) groups excluding carboxylic acids is 2. The predicted molar refractivity (Wildman–Crippen MR) is 74.3 cm³/mol. The number of hydrogen-bond acceptors (Lipinski definition) is 4. The van der Waals surface area contributed by atoms with Crippen LogP contribution in [0, 0.1) is 0 Å². The summed E-state index contributed by atoms with van der Waals surface area (Å²) in [5, 5.41) is 0. The SMILES string of the molecule is C[C@H]1CN1C1=C(Br)C(=O)C(N2C[C@@H]2C)=C(Br)C1=O. The number of rotatable bonds is 2. The van der Waals surface area contributed by atoms with Crippen molar-refractivity contribution < 1.29 is 9.59 Å². The van der Waals surface area contributed by atoms with Crippen molar-refractivity contribution in [2.45, 2.75) is 25.9 Å². The molecule has 0 aromatic rings. The van der Waals surface area contributed by atoms with Gasteiger partial charge < -0.3 is 9.80 Å². The predicted octanol–water partition coefficient (Wildman–Crippen LogP) is 1.76. The first kappa shape index (κ1) is 12.4. The van der Waals surface area contributed by atoms with Gasteiger partial charge in [-0.15, -0.1) is 0 Å². The minimum Gasteiger partial charge on any atom is -0.361 e. The molecule has 2 fully saturated rings. The normalized spacial score (nSPS) is 31.6. The summed E-state index contributed by atoms with van der Waals surface area (Å²) in [7, 11) is 0. The van der Waals surface area contributed by atoms with E-state index in [-0.39, 0.29) is 11.6 Å². The second kappa shape index (κ2) is 3.93. The van der Waals surface area contributed by atoms with Crippen LogP contribution in [0.25, 0.3) is 0 Å². The summed E-state index contributed by atoms with van der Waals surface area (Å²) in [6.07, 6.45) is 0. The fourth-order valence-corrected chi connectivity index (χ4v) is 3.42. The van der Waals surface area contributed by atoms with Crippen molar-refractivity contribution in [1.29, 1.82) is 0 Å². The molecule has 0 bridgehead atoms. The molecule has 2 atom stereocenters. The topological polar surface area (TPSA) is 40.2 Å². The monoisotopic (exact) mass is 374 g/mol. The molecule has 0 aromatic heterocycles. The molecule has 0 N–H and O–H groups in total. The van der Waals surface area contributed by atoms with E-state index in [0.717, 1.165) is 13.1 Å². The Labute approximate surface area is 122 Å². The number of carbonyl (C=O) groups is 2. The molecule has 3 rings (SSSR count). The van der Waals surface area contributed by atoms with Crippen molar-refractivity contribution in [1.82, 2.24) is 9.80 Å². The number of allylic oxidation sites excluding steroid dienone is 2. The Morgan fingerprint density at radius 3 is 1.39 bits per heavy atom. The molecule has 18 heavy (non-hydrogen) atoms. The van der Waals surface area contributed by atoms with Crippen LogP contribution < -0.4 is 0 Å². The summed E-state index contributed by atoms with van der Waals surface area (Å²) in [4.78, 5) is 28.6. The Hall–Kier alpha value is -0.620. The Kier molecular flexibility index (Phi) is 2.71. The van der Waals surface area contributed by atoms with Crippen LogP contribution in [-0.2, 0) is 9.59 Å². The number of nitrogens with zero attached hydrogens (tertiary/aromatic N) is 2. The summed E-state index contributed by atoms with van der Waals surface area (Å²) >= 11 is 6.60. The first-order valence-corrected chi connectivity index (χ1v) is 7.44. The van der Waals surface area contributed by atoms with Gasteiger partial charge in [-0.05, 0) is 45.7 Å². The maximum Gasteiger partial charge on any atom is 0.219 e. The molecular formula is C12H12Br2N2O2. The van der Waals surface area contributed by atoms with Crippen LogP contribution in [-0.4, -0.2) is 46.5 Å². The molecule has 3 aliphatic rings. The summed E-state index contributed by atoms with van der Waals surface area (Å²) < 4.78 is 0.795. The quantitative estimate of drug-likeness (QED) is 0.544. The molecule has 6 heteroatoms. The van der Waals surface area contributed by atoms with Gasteiger partial charge in [0.2, 0.25) is 11.6 Å². The van der Waals surface area contributed by atoms with E-state index in [4.69, 9.17) is 0 Å². The molecule has 2 heterocycles. The van der Waals surface area contributed by atoms with E-state index in [1.165, 1.54) is 0 Å². The Balaban J connectivity index is 2.00. The molecule has 2 aliphatic heterocycles. The molecular weight excluding hydrogens is 364 g/mol. The first-order valence-electron chi connectivity index (χ1n) is 5.85. The van der Waals surface area contributed by atoms with E-state index in [1.54, 1.807) is 0 Å². The third kappa shape index (κ3) is 1.69. The van der Waals surface area contributed by atoms with Crippen molar-refractivity contribution in [3.8, 4) is 0 Å². The van der Waals surface area contributed by atoms with Crippen molar-refractivity contribution >= 4 is 43.4 Å². The van der Waals surface area contributed by atoms with Crippen molar-refractivity contribution in [2.24, 2.45) is 0 Å². The lowest BCUT2D eigenvalue weighted by molar-refractivity contribution is -0.116. The van der Waals surface area contributed by atoms with Crippen LogP contribution in [0.2, 0.25) is 0 Å². The molecule has 1 aliphatic carbocycles. The minimum absolute atomic E-state index is 0.0973. The van der Waals surface area contributed by atoms with E-state index >= 15 is 0 Å². The van der Waals surface area contributed by atoms with E-state index < -0.39 is 0 Å². The minimum atomic E-state index is -0.0973. The van der Waals surface area contributed by atoms with Gasteiger partial charge in [0, 0.05) is 25.2 Å². The largest absolute Gasteiger partial charge is 0.361 e. The average Bonchev–Trinajstić information content (AvgIpc) is 3.19. The van der Waals surface area contributed by atoms with Crippen LogP contribution in [0.3, 0.4) is 0 Å². The Morgan fingerprint density at radius 1 is 0.889 bits per heavy atom. The molecule has 0 radical (unpaired) electrons. The summed E-state index contributed by atoms with van der Waals surface area (Å²) in [6, 6.07) is 0.678. The zero-order valence-corrected chi connectivity index (χ0v) is 13.2.